The van der Waals surface area contributed by atoms with Crippen molar-refractivity contribution in [3.8, 4) is 0 Å². The van der Waals surface area contributed by atoms with E-state index in [1.807, 2.05) is 12.3 Å². The average Bonchev–Trinajstić information content (AvgIpc) is 2.17. The van der Waals surface area contributed by atoms with Crippen molar-refractivity contribution in [3.63, 3.8) is 0 Å². The second kappa shape index (κ2) is 3.93. The minimum atomic E-state index is -0.606. The predicted octanol–water partition coefficient (Wildman–Crippen LogP) is 2.65. The predicted molar refractivity (Wildman–Crippen MR) is 60.5 cm³/mol. The lowest BCUT2D eigenvalue weighted by atomic mass is 9.76. The zero-order chi connectivity index (χ0) is 10.9. The summed E-state index contributed by atoms with van der Waals surface area (Å²) in [6.45, 7) is 4.32. The Labute approximate surface area is 91.4 Å². The Balaban J connectivity index is 2.36. The van der Waals surface area contributed by atoms with E-state index < -0.39 is 5.60 Å². The molecule has 0 saturated carbocycles. The van der Waals surface area contributed by atoms with Gasteiger partial charge in [0.15, 0.2) is 0 Å². The summed E-state index contributed by atoms with van der Waals surface area (Å²) >= 11 is 0. The van der Waals surface area contributed by atoms with Crippen molar-refractivity contribution in [3.05, 3.63) is 29.6 Å². The molecular formula is C13H19NO. The molecule has 0 radical (unpaired) electrons. The summed E-state index contributed by atoms with van der Waals surface area (Å²) < 4.78 is 0. The number of fused-ring (bicyclic) bond motifs is 1. The van der Waals surface area contributed by atoms with E-state index in [1.54, 1.807) is 6.20 Å². The van der Waals surface area contributed by atoms with Crippen LogP contribution in [0.4, 0.5) is 0 Å². The van der Waals surface area contributed by atoms with Crippen LogP contribution in [0.15, 0.2) is 18.5 Å². The lowest BCUT2D eigenvalue weighted by molar-refractivity contribution is -0.00142. The molecule has 0 bridgehead atoms. The molecule has 2 nitrogen and oxygen atoms in total. The number of hydrogen-bond donors (Lipinski definition) is 1. The standard InChI is InChI=1S/C13H19NO/c1-10(2)8-13(15)6-3-4-11-9-14-7-5-12(11)13/h5,7,9-10,15H,3-4,6,8H2,1-2H3. The number of nitrogens with zero attached hydrogens (tertiary/aromatic N) is 1. The van der Waals surface area contributed by atoms with Crippen molar-refractivity contribution in [2.45, 2.75) is 45.1 Å². The monoisotopic (exact) mass is 205 g/mol. The second-order valence-corrected chi connectivity index (χ2v) is 5.02. The molecule has 0 aromatic carbocycles. The highest BCUT2D eigenvalue weighted by molar-refractivity contribution is 5.32. The lowest BCUT2D eigenvalue weighted by Gasteiger charge is -2.35. The molecule has 1 aromatic rings. The zero-order valence-electron chi connectivity index (χ0n) is 9.53. The summed E-state index contributed by atoms with van der Waals surface area (Å²) in [5.74, 6) is 0.522. The van der Waals surface area contributed by atoms with Crippen molar-refractivity contribution in [1.29, 1.82) is 0 Å². The Morgan fingerprint density at radius 1 is 1.53 bits per heavy atom. The van der Waals surface area contributed by atoms with Gasteiger partial charge in [0.1, 0.15) is 0 Å². The maximum absolute atomic E-state index is 10.7. The van der Waals surface area contributed by atoms with E-state index >= 15 is 0 Å². The molecule has 2 heteroatoms. The molecule has 1 aromatic heterocycles. The lowest BCUT2D eigenvalue weighted by Crippen LogP contribution is -2.32. The normalized spacial score (nSPS) is 25.3. The quantitative estimate of drug-likeness (QED) is 0.805. The SMILES string of the molecule is CC(C)CC1(O)CCCc2cnccc21. The van der Waals surface area contributed by atoms with E-state index in [4.69, 9.17) is 0 Å². The van der Waals surface area contributed by atoms with E-state index in [0.717, 1.165) is 31.2 Å². The third kappa shape index (κ3) is 2.05. The van der Waals surface area contributed by atoms with Gasteiger partial charge in [-0.3, -0.25) is 4.98 Å². The van der Waals surface area contributed by atoms with Crippen LogP contribution < -0.4 is 0 Å². The molecule has 0 spiro atoms. The van der Waals surface area contributed by atoms with Crippen LogP contribution in [-0.4, -0.2) is 10.1 Å². The number of aryl methyl sites for hydroxylation is 1. The second-order valence-electron chi connectivity index (χ2n) is 5.02. The van der Waals surface area contributed by atoms with Crippen LogP contribution in [0.5, 0.6) is 0 Å². The first kappa shape index (κ1) is 10.6. The van der Waals surface area contributed by atoms with E-state index in [0.29, 0.717) is 5.92 Å². The summed E-state index contributed by atoms with van der Waals surface area (Å²) in [4.78, 5) is 4.13. The van der Waals surface area contributed by atoms with E-state index in [1.165, 1.54) is 5.56 Å². The molecule has 1 aliphatic carbocycles. The van der Waals surface area contributed by atoms with Crippen molar-refractivity contribution < 1.29 is 5.11 Å². The van der Waals surface area contributed by atoms with Gasteiger partial charge in [-0.05, 0) is 48.8 Å². The number of pyridine rings is 1. The van der Waals surface area contributed by atoms with Gasteiger partial charge in [0.05, 0.1) is 5.60 Å². The van der Waals surface area contributed by atoms with Gasteiger partial charge in [0.25, 0.3) is 0 Å². The first-order chi connectivity index (χ1) is 7.12. The third-order valence-electron chi connectivity index (χ3n) is 3.19. The minimum Gasteiger partial charge on any atom is -0.385 e. The molecule has 0 fully saturated rings. The molecule has 1 N–H and O–H groups in total. The van der Waals surface area contributed by atoms with Crippen LogP contribution >= 0.6 is 0 Å². The molecule has 1 aliphatic rings. The summed E-state index contributed by atoms with van der Waals surface area (Å²) in [7, 11) is 0. The van der Waals surface area contributed by atoms with Gasteiger partial charge in [-0.25, -0.2) is 0 Å². The molecule has 2 rings (SSSR count). The Hall–Kier alpha value is -0.890. The van der Waals surface area contributed by atoms with Crippen LogP contribution in [0, 0.1) is 5.92 Å². The van der Waals surface area contributed by atoms with Crippen molar-refractivity contribution in [2.24, 2.45) is 5.92 Å². The van der Waals surface area contributed by atoms with Crippen molar-refractivity contribution in [1.82, 2.24) is 4.98 Å². The first-order valence-electron chi connectivity index (χ1n) is 5.77. The topological polar surface area (TPSA) is 33.1 Å². The summed E-state index contributed by atoms with van der Waals surface area (Å²) in [5.41, 5.74) is 1.73. The maximum Gasteiger partial charge on any atom is 0.0902 e. The summed E-state index contributed by atoms with van der Waals surface area (Å²) in [6.07, 6.45) is 7.56. The van der Waals surface area contributed by atoms with E-state index in [9.17, 15) is 5.11 Å². The molecular weight excluding hydrogens is 186 g/mol. The number of aliphatic hydroxyl groups is 1. The fourth-order valence-electron chi connectivity index (χ4n) is 2.67. The summed E-state index contributed by atoms with van der Waals surface area (Å²) in [6, 6.07) is 1.98. The number of hydrogen-bond acceptors (Lipinski definition) is 2. The van der Waals surface area contributed by atoms with Crippen LogP contribution in [0.3, 0.4) is 0 Å². The highest BCUT2D eigenvalue weighted by Gasteiger charge is 2.34. The van der Waals surface area contributed by atoms with Crippen LogP contribution in [0.25, 0.3) is 0 Å². The zero-order valence-corrected chi connectivity index (χ0v) is 9.53. The van der Waals surface area contributed by atoms with Crippen LogP contribution in [0.1, 0.15) is 44.2 Å². The van der Waals surface area contributed by atoms with Crippen molar-refractivity contribution in [2.75, 3.05) is 0 Å². The van der Waals surface area contributed by atoms with Gasteiger partial charge >= 0.3 is 0 Å². The fraction of sp³-hybridized carbons (Fsp3) is 0.615. The maximum atomic E-state index is 10.7. The van der Waals surface area contributed by atoms with Crippen molar-refractivity contribution >= 4 is 0 Å². The first-order valence-corrected chi connectivity index (χ1v) is 5.77. The van der Waals surface area contributed by atoms with Crippen LogP contribution in [-0.2, 0) is 12.0 Å². The largest absolute Gasteiger partial charge is 0.385 e. The Kier molecular flexibility index (Phi) is 2.79. The van der Waals surface area contributed by atoms with E-state index in [2.05, 4.69) is 18.8 Å². The minimum absolute atomic E-state index is 0.522. The molecule has 0 amide bonds. The molecule has 1 heterocycles. The average molecular weight is 205 g/mol. The number of aromatic nitrogens is 1. The smallest absolute Gasteiger partial charge is 0.0902 e. The molecule has 0 aliphatic heterocycles. The molecule has 82 valence electrons. The molecule has 1 atom stereocenters. The number of rotatable bonds is 2. The molecule has 1 unspecified atom stereocenters. The van der Waals surface area contributed by atoms with Gasteiger partial charge in [0.2, 0.25) is 0 Å². The van der Waals surface area contributed by atoms with Gasteiger partial charge in [-0.2, -0.15) is 0 Å². The third-order valence-corrected chi connectivity index (χ3v) is 3.19. The molecule has 15 heavy (non-hydrogen) atoms. The fourth-order valence-corrected chi connectivity index (χ4v) is 2.67. The van der Waals surface area contributed by atoms with Gasteiger partial charge in [0, 0.05) is 12.4 Å². The highest BCUT2D eigenvalue weighted by atomic mass is 16.3. The summed E-state index contributed by atoms with van der Waals surface area (Å²) in [5, 5.41) is 10.7. The molecule has 0 saturated heterocycles. The Bertz CT molecular complexity index is 348. The highest BCUT2D eigenvalue weighted by Crippen LogP contribution is 2.39. The Morgan fingerprint density at radius 2 is 2.33 bits per heavy atom. The van der Waals surface area contributed by atoms with Gasteiger partial charge in [-0.15, -0.1) is 0 Å². The Morgan fingerprint density at radius 3 is 3.07 bits per heavy atom. The van der Waals surface area contributed by atoms with Gasteiger partial charge < -0.3 is 5.11 Å². The van der Waals surface area contributed by atoms with Gasteiger partial charge in [-0.1, -0.05) is 13.8 Å². The van der Waals surface area contributed by atoms with E-state index in [-0.39, 0.29) is 0 Å². The van der Waals surface area contributed by atoms with Crippen LogP contribution in [0.2, 0.25) is 0 Å².